The standard InChI is InChI=1S/C23H37N3O3S/c1-18-14-19(2)16-25(15-18)23(3,4)17-24-22(27)20-10-6-7-11-21(20)30(28,29)26-12-8-5-9-13-26/h6-7,10-11,18-19H,5,8-9,12-17H2,1-4H3,(H,24,27). The second kappa shape index (κ2) is 9.37. The van der Waals surface area contributed by atoms with E-state index in [9.17, 15) is 13.2 Å². The molecule has 30 heavy (non-hydrogen) atoms. The zero-order valence-electron chi connectivity index (χ0n) is 18.9. The summed E-state index contributed by atoms with van der Waals surface area (Å²) in [5.74, 6) is 0.954. The van der Waals surface area contributed by atoms with Crippen LogP contribution in [0.1, 0.15) is 63.7 Å². The lowest BCUT2D eigenvalue weighted by molar-refractivity contribution is 0.0444. The van der Waals surface area contributed by atoms with E-state index in [0.29, 0.717) is 31.5 Å². The van der Waals surface area contributed by atoms with Crippen LogP contribution in [0, 0.1) is 11.8 Å². The van der Waals surface area contributed by atoms with Crippen molar-refractivity contribution in [1.82, 2.24) is 14.5 Å². The highest BCUT2D eigenvalue weighted by atomic mass is 32.2. The minimum atomic E-state index is -3.66. The molecule has 7 heteroatoms. The fraction of sp³-hybridized carbons (Fsp3) is 0.696. The molecule has 2 atom stereocenters. The van der Waals surface area contributed by atoms with Crippen molar-refractivity contribution in [2.75, 3.05) is 32.7 Å². The minimum absolute atomic E-state index is 0.113. The van der Waals surface area contributed by atoms with Crippen LogP contribution in [0.4, 0.5) is 0 Å². The van der Waals surface area contributed by atoms with Gasteiger partial charge in [0.2, 0.25) is 10.0 Å². The largest absolute Gasteiger partial charge is 0.350 e. The Bertz CT molecular complexity index is 837. The summed E-state index contributed by atoms with van der Waals surface area (Å²) in [6, 6.07) is 6.58. The maximum atomic E-state index is 13.2. The minimum Gasteiger partial charge on any atom is -0.350 e. The van der Waals surface area contributed by atoms with Gasteiger partial charge in [0.1, 0.15) is 0 Å². The van der Waals surface area contributed by atoms with E-state index < -0.39 is 10.0 Å². The number of piperidine rings is 2. The van der Waals surface area contributed by atoms with Crippen molar-refractivity contribution in [3.63, 3.8) is 0 Å². The van der Waals surface area contributed by atoms with Gasteiger partial charge in [-0.2, -0.15) is 4.31 Å². The lowest BCUT2D eigenvalue weighted by Crippen LogP contribution is -2.56. The highest BCUT2D eigenvalue weighted by Crippen LogP contribution is 2.27. The number of carbonyl (C=O) groups is 1. The molecule has 0 bridgehead atoms. The lowest BCUT2D eigenvalue weighted by atomic mass is 9.88. The van der Waals surface area contributed by atoms with Gasteiger partial charge in [0.05, 0.1) is 10.5 Å². The van der Waals surface area contributed by atoms with Gasteiger partial charge in [0.25, 0.3) is 5.91 Å². The Kier molecular flexibility index (Phi) is 7.25. The average Bonchev–Trinajstić information content (AvgIpc) is 2.72. The Morgan fingerprint density at radius 1 is 1.07 bits per heavy atom. The fourth-order valence-corrected chi connectivity index (χ4v) is 6.49. The van der Waals surface area contributed by atoms with Gasteiger partial charge < -0.3 is 5.32 Å². The normalized spacial score (nSPS) is 24.5. The van der Waals surface area contributed by atoms with Crippen LogP contribution in [0.25, 0.3) is 0 Å². The second-order valence-corrected chi connectivity index (χ2v) is 11.7. The molecule has 2 fully saturated rings. The molecule has 2 aliphatic heterocycles. The van der Waals surface area contributed by atoms with Gasteiger partial charge in [-0.05, 0) is 57.1 Å². The summed E-state index contributed by atoms with van der Waals surface area (Å²) in [6.07, 6.45) is 4.03. The van der Waals surface area contributed by atoms with Gasteiger partial charge in [-0.3, -0.25) is 9.69 Å². The van der Waals surface area contributed by atoms with Crippen LogP contribution in [0.15, 0.2) is 29.2 Å². The first kappa shape index (κ1) is 23.2. The molecule has 0 aliphatic carbocycles. The lowest BCUT2D eigenvalue weighted by Gasteiger charge is -2.45. The molecule has 0 radical (unpaired) electrons. The van der Waals surface area contributed by atoms with Crippen molar-refractivity contribution in [2.24, 2.45) is 11.8 Å². The van der Waals surface area contributed by atoms with Crippen LogP contribution < -0.4 is 5.32 Å². The second-order valence-electron chi connectivity index (χ2n) is 9.81. The van der Waals surface area contributed by atoms with Gasteiger partial charge in [-0.25, -0.2) is 8.42 Å². The van der Waals surface area contributed by atoms with Gasteiger partial charge in [-0.1, -0.05) is 32.4 Å². The number of benzene rings is 1. The zero-order chi connectivity index (χ0) is 21.9. The first-order chi connectivity index (χ1) is 14.1. The van der Waals surface area contributed by atoms with Crippen LogP contribution in [-0.4, -0.2) is 61.8 Å². The van der Waals surface area contributed by atoms with E-state index in [1.807, 2.05) is 0 Å². The summed E-state index contributed by atoms with van der Waals surface area (Å²) in [7, 11) is -3.66. The van der Waals surface area contributed by atoms with Crippen molar-refractivity contribution < 1.29 is 13.2 Å². The average molecular weight is 436 g/mol. The number of likely N-dealkylation sites (tertiary alicyclic amines) is 1. The third-order valence-electron chi connectivity index (χ3n) is 6.47. The summed E-state index contributed by atoms with van der Waals surface area (Å²) < 4.78 is 27.9. The molecule has 1 amide bonds. The van der Waals surface area contributed by atoms with Crippen LogP contribution in [0.2, 0.25) is 0 Å². The molecule has 2 unspecified atom stereocenters. The first-order valence-corrected chi connectivity index (χ1v) is 12.7. The molecule has 2 saturated heterocycles. The van der Waals surface area contributed by atoms with Gasteiger partial charge in [0, 0.05) is 38.3 Å². The van der Waals surface area contributed by atoms with Crippen LogP contribution in [0.3, 0.4) is 0 Å². The van der Waals surface area contributed by atoms with E-state index in [-0.39, 0.29) is 21.9 Å². The number of amides is 1. The third-order valence-corrected chi connectivity index (χ3v) is 8.43. The number of rotatable bonds is 6. The molecular formula is C23H37N3O3S. The Labute approximate surface area is 182 Å². The zero-order valence-corrected chi connectivity index (χ0v) is 19.7. The summed E-state index contributed by atoms with van der Waals surface area (Å²) in [5, 5.41) is 3.02. The molecule has 1 aromatic rings. The van der Waals surface area contributed by atoms with E-state index in [0.717, 1.165) is 32.4 Å². The van der Waals surface area contributed by atoms with Gasteiger partial charge in [-0.15, -0.1) is 0 Å². The molecule has 1 N–H and O–H groups in total. The molecule has 6 nitrogen and oxygen atoms in total. The van der Waals surface area contributed by atoms with Crippen molar-refractivity contribution >= 4 is 15.9 Å². The van der Waals surface area contributed by atoms with Gasteiger partial charge in [0.15, 0.2) is 0 Å². The van der Waals surface area contributed by atoms with Gasteiger partial charge >= 0.3 is 0 Å². The number of nitrogens with one attached hydrogen (secondary N) is 1. The number of hydrogen-bond acceptors (Lipinski definition) is 4. The van der Waals surface area contributed by atoms with E-state index in [1.165, 1.54) is 10.7 Å². The highest BCUT2D eigenvalue weighted by molar-refractivity contribution is 7.89. The van der Waals surface area contributed by atoms with E-state index in [2.05, 4.69) is 37.9 Å². The molecule has 3 rings (SSSR count). The SMILES string of the molecule is CC1CC(C)CN(C(C)(C)CNC(=O)c2ccccc2S(=O)(=O)N2CCCCC2)C1. The Balaban J connectivity index is 1.73. The van der Waals surface area contributed by atoms with E-state index in [1.54, 1.807) is 24.3 Å². The summed E-state index contributed by atoms with van der Waals surface area (Å²) >= 11 is 0. The summed E-state index contributed by atoms with van der Waals surface area (Å²) in [5.41, 5.74) is 0.0403. The quantitative estimate of drug-likeness (QED) is 0.744. The van der Waals surface area contributed by atoms with Crippen LogP contribution in [-0.2, 0) is 10.0 Å². The summed E-state index contributed by atoms with van der Waals surface area (Å²) in [4.78, 5) is 15.6. The predicted molar refractivity (Wildman–Crippen MR) is 120 cm³/mol. The number of carbonyl (C=O) groups excluding carboxylic acids is 1. The van der Waals surface area contributed by atoms with Crippen molar-refractivity contribution in [1.29, 1.82) is 0 Å². The Morgan fingerprint density at radius 2 is 1.67 bits per heavy atom. The molecule has 0 aromatic heterocycles. The molecular weight excluding hydrogens is 398 g/mol. The number of hydrogen-bond donors (Lipinski definition) is 1. The van der Waals surface area contributed by atoms with Crippen molar-refractivity contribution in [3.05, 3.63) is 29.8 Å². The Morgan fingerprint density at radius 3 is 2.30 bits per heavy atom. The first-order valence-electron chi connectivity index (χ1n) is 11.2. The topological polar surface area (TPSA) is 69.7 Å². The molecule has 0 saturated carbocycles. The van der Waals surface area contributed by atoms with E-state index in [4.69, 9.17) is 0 Å². The van der Waals surface area contributed by atoms with Crippen LogP contribution >= 0.6 is 0 Å². The smallest absolute Gasteiger partial charge is 0.252 e. The molecule has 2 aliphatic rings. The maximum absolute atomic E-state index is 13.2. The number of nitrogens with zero attached hydrogens (tertiary/aromatic N) is 2. The molecule has 1 aromatic carbocycles. The molecule has 168 valence electrons. The molecule has 2 heterocycles. The predicted octanol–water partition coefficient (Wildman–Crippen LogP) is 3.35. The maximum Gasteiger partial charge on any atom is 0.252 e. The van der Waals surface area contributed by atoms with E-state index >= 15 is 0 Å². The fourth-order valence-electron chi connectivity index (χ4n) is 4.78. The van der Waals surface area contributed by atoms with Crippen molar-refractivity contribution in [3.8, 4) is 0 Å². The van der Waals surface area contributed by atoms with Crippen molar-refractivity contribution in [2.45, 2.75) is 63.8 Å². The van der Waals surface area contributed by atoms with Crippen LogP contribution in [0.5, 0.6) is 0 Å². The highest BCUT2D eigenvalue weighted by Gasteiger charge is 2.34. The number of sulfonamides is 1. The summed E-state index contributed by atoms with van der Waals surface area (Å²) in [6.45, 7) is 12.4. The molecule has 0 spiro atoms. The monoisotopic (exact) mass is 435 g/mol. The Hall–Kier alpha value is -1.44. The third kappa shape index (κ3) is 5.24.